The first kappa shape index (κ1) is 28.8. The number of methoxy groups -OCH3 is 1. The fraction of sp³-hybridized carbons (Fsp3) is 0.267. The van der Waals surface area contributed by atoms with Gasteiger partial charge in [-0.25, -0.2) is 9.37 Å². The maximum absolute atomic E-state index is 13.7. The Kier molecular flexibility index (Phi) is 8.99. The second-order valence-electron chi connectivity index (χ2n) is 9.70. The van der Waals surface area contributed by atoms with Gasteiger partial charge in [-0.1, -0.05) is 46.8 Å². The predicted octanol–water partition coefficient (Wildman–Crippen LogP) is 6.91. The molecule has 1 fully saturated rings. The Morgan fingerprint density at radius 1 is 1.17 bits per heavy atom. The number of ether oxygens (including phenoxy) is 2. The van der Waals surface area contributed by atoms with E-state index in [2.05, 4.69) is 26.3 Å². The Morgan fingerprint density at radius 2 is 1.93 bits per heavy atom. The summed E-state index contributed by atoms with van der Waals surface area (Å²) in [6.45, 7) is -0.366. The normalized spacial score (nSPS) is 14.0. The summed E-state index contributed by atoms with van der Waals surface area (Å²) in [7, 11) is 1.45. The number of amides is 1. The number of carbonyl (C=O) groups is 1. The van der Waals surface area contributed by atoms with E-state index >= 15 is 0 Å². The van der Waals surface area contributed by atoms with Gasteiger partial charge in [0, 0.05) is 32.7 Å². The number of halogens is 3. The summed E-state index contributed by atoms with van der Waals surface area (Å²) >= 11 is 9.79. The number of aromatic nitrogens is 2. The maximum Gasteiger partial charge on any atom is 0.282 e. The van der Waals surface area contributed by atoms with Gasteiger partial charge >= 0.3 is 0 Å². The number of hydrogen-bond donors (Lipinski definition) is 1. The van der Waals surface area contributed by atoms with Crippen LogP contribution < -0.4 is 20.3 Å². The first-order chi connectivity index (χ1) is 19.8. The molecule has 41 heavy (non-hydrogen) atoms. The zero-order valence-corrected chi connectivity index (χ0v) is 24.5. The third kappa shape index (κ3) is 6.77. The maximum atomic E-state index is 13.7. The van der Waals surface area contributed by atoms with Crippen molar-refractivity contribution in [2.45, 2.75) is 38.0 Å². The van der Waals surface area contributed by atoms with E-state index in [0.717, 1.165) is 36.6 Å². The van der Waals surface area contributed by atoms with Crippen molar-refractivity contribution >= 4 is 56.2 Å². The van der Waals surface area contributed by atoms with Gasteiger partial charge in [-0.2, -0.15) is 9.78 Å². The summed E-state index contributed by atoms with van der Waals surface area (Å²) in [6.07, 6.45) is 6.58. The number of fused-ring (bicyclic) bond motifs is 1. The van der Waals surface area contributed by atoms with Crippen LogP contribution in [-0.4, -0.2) is 35.5 Å². The fourth-order valence-corrected chi connectivity index (χ4v) is 5.46. The van der Waals surface area contributed by atoms with Crippen molar-refractivity contribution in [1.29, 1.82) is 0 Å². The van der Waals surface area contributed by atoms with Gasteiger partial charge in [0.2, 0.25) is 0 Å². The molecule has 0 aliphatic heterocycles. The van der Waals surface area contributed by atoms with Crippen LogP contribution in [0.4, 0.5) is 10.1 Å². The molecule has 1 N–H and O–H groups in total. The molecule has 5 rings (SSSR count). The molecule has 212 valence electrons. The quantitative estimate of drug-likeness (QED) is 0.211. The number of hydrogen-bond acceptors (Lipinski definition) is 6. The van der Waals surface area contributed by atoms with Crippen molar-refractivity contribution < 1.29 is 18.7 Å². The lowest BCUT2D eigenvalue weighted by Gasteiger charge is -2.23. The smallest absolute Gasteiger partial charge is 0.282 e. The van der Waals surface area contributed by atoms with E-state index < -0.39 is 11.7 Å². The van der Waals surface area contributed by atoms with Crippen LogP contribution in [0.1, 0.15) is 49.4 Å². The summed E-state index contributed by atoms with van der Waals surface area (Å²) in [5, 5.41) is 8.02. The molecule has 0 atom stereocenters. The molecule has 1 aliphatic carbocycles. The van der Waals surface area contributed by atoms with E-state index in [4.69, 9.17) is 26.1 Å². The van der Waals surface area contributed by atoms with Crippen LogP contribution >= 0.6 is 27.5 Å². The average molecular weight is 642 g/mol. The SMILES string of the molecule is COc1cc(Cl)cc(C=Nn2c(C3CCCCC3)nc3ccc(Br)cc3c2=O)c1OCC(=O)Nc1ccc(F)cc1. The highest BCUT2D eigenvalue weighted by Crippen LogP contribution is 2.35. The van der Waals surface area contributed by atoms with Gasteiger partial charge in [-0.05, 0) is 61.4 Å². The molecule has 4 aromatic rings. The average Bonchev–Trinajstić information content (AvgIpc) is 2.97. The number of benzene rings is 3. The van der Waals surface area contributed by atoms with Gasteiger partial charge in [0.05, 0.1) is 24.2 Å². The molecule has 1 saturated carbocycles. The van der Waals surface area contributed by atoms with Gasteiger partial charge in [-0.3, -0.25) is 9.59 Å². The van der Waals surface area contributed by atoms with Crippen molar-refractivity contribution in [3.8, 4) is 11.5 Å². The molecule has 1 heterocycles. The zero-order chi connectivity index (χ0) is 28.9. The summed E-state index contributed by atoms with van der Waals surface area (Å²) in [4.78, 5) is 31.1. The predicted molar refractivity (Wildman–Crippen MR) is 161 cm³/mol. The van der Waals surface area contributed by atoms with Gasteiger partial charge in [0.15, 0.2) is 18.1 Å². The lowest BCUT2D eigenvalue weighted by Crippen LogP contribution is -2.25. The minimum atomic E-state index is -0.461. The minimum absolute atomic E-state index is 0.0985. The first-order valence-electron chi connectivity index (χ1n) is 13.1. The Balaban J connectivity index is 1.50. The van der Waals surface area contributed by atoms with E-state index in [9.17, 15) is 14.0 Å². The third-order valence-corrected chi connectivity index (χ3v) is 7.57. The topological polar surface area (TPSA) is 94.8 Å². The van der Waals surface area contributed by atoms with E-state index in [1.165, 1.54) is 42.3 Å². The van der Waals surface area contributed by atoms with Crippen molar-refractivity contribution in [2.75, 3.05) is 19.0 Å². The zero-order valence-electron chi connectivity index (χ0n) is 22.2. The summed E-state index contributed by atoms with van der Waals surface area (Å²) in [5.41, 5.74) is 1.16. The van der Waals surface area contributed by atoms with Crippen LogP contribution in [0, 0.1) is 5.82 Å². The number of rotatable bonds is 8. The van der Waals surface area contributed by atoms with Gasteiger partial charge < -0.3 is 14.8 Å². The minimum Gasteiger partial charge on any atom is -0.493 e. The molecule has 0 bridgehead atoms. The van der Waals surface area contributed by atoms with Crippen molar-refractivity contribution in [2.24, 2.45) is 5.10 Å². The van der Waals surface area contributed by atoms with Gasteiger partial charge in [0.25, 0.3) is 11.5 Å². The fourth-order valence-electron chi connectivity index (χ4n) is 4.88. The molecule has 1 aliphatic rings. The van der Waals surface area contributed by atoms with Crippen molar-refractivity contribution in [1.82, 2.24) is 9.66 Å². The molecule has 0 spiro atoms. The number of anilines is 1. The van der Waals surface area contributed by atoms with Gasteiger partial charge in [-0.15, -0.1) is 0 Å². The van der Waals surface area contributed by atoms with Crippen LogP contribution in [0.3, 0.4) is 0 Å². The first-order valence-corrected chi connectivity index (χ1v) is 14.3. The van der Waals surface area contributed by atoms with Crippen molar-refractivity contribution in [3.63, 3.8) is 0 Å². The lowest BCUT2D eigenvalue weighted by atomic mass is 9.88. The van der Waals surface area contributed by atoms with E-state index in [0.29, 0.717) is 33.0 Å². The lowest BCUT2D eigenvalue weighted by molar-refractivity contribution is -0.118. The number of carbonyl (C=O) groups excluding carboxylic acids is 1. The second kappa shape index (κ2) is 12.8. The van der Waals surface area contributed by atoms with Crippen molar-refractivity contribution in [3.05, 3.63) is 91.7 Å². The molecule has 11 heteroatoms. The highest BCUT2D eigenvalue weighted by Gasteiger charge is 2.23. The Hall–Kier alpha value is -3.76. The molecule has 0 saturated heterocycles. The number of nitrogens with zero attached hydrogens (tertiary/aromatic N) is 3. The molecule has 0 radical (unpaired) electrons. The standard InChI is InChI=1S/C30H27BrClFN4O4/c1-40-26-15-21(32)13-19(28(26)41-17-27(38)35-23-10-8-22(33)9-11-23)16-34-37-29(18-5-3-2-4-6-18)36-25-12-7-20(31)14-24(25)30(37)39/h7-16,18H,2-6,17H2,1H3,(H,35,38). The molecule has 1 aromatic heterocycles. The summed E-state index contributed by atoms with van der Waals surface area (Å²) in [6, 6.07) is 14.0. The Morgan fingerprint density at radius 3 is 2.66 bits per heavy atom. The largest absolute Gasteiger partial charge is 0.493 e. The summed E-state index contributed by atoms with van der Waals surface area (Å²) < 4.78 is 26.6. The molecule has 3 aromatic carbocycles. The van der Waals surface area contributed by atoms with E-state index in [1.807, 2.05) is 12.1 Å². The number of nitrogens with one attached hydrogen (secondary N) is 1. The second-order valence-corrected chi connectivity index (χ2v) is 11.1. The van der Waals surface area contributed by atoms with Crippen LogP contribution in [0.25, 0.3) is 10.9 Å². The third-order valence-electron chi connectivity index (χ3n) is 6.86. The Labute approximate surface area is 249 Å². The Bertz CT molecular complexity index is 1670. The highest BCUT2D eigenvalue weighted by molar-refractivity contribution is 9.10. The van der Waals surface area contributed by atoms with Gasteiger partial charge in [0.1, 0.15) is 11.6 Å². The summed E-state index contributed by atoms with van der Waals surface area (Å²) in [5.74, 6) is 0.343. The highest BCUT2D eigenvalue weighted by atomic mass is 79.9. The van der Waals surface area contributed by atoms with E-state index in [1.54, 1.807) is 18.2 Å². The van der Waals surface area contributed by atoms with Crippen LogP contribution in [0.2, 0.25) is 5.02 Å². The molecular weight excluding hydrogens is 615 g/mol. The molecule has 1 amide bonds. The van der Waals surface area contributed by atoms with Crippen LogP contribution in [-0.2, 0) is 4.79 Å². The molecular formula is C30H27BrClFN4O4. The molecule has 8 nitrogen and oxygen atoms in total. The molecule has 0 unspecified atom stereocenters. The monoisotopic (exact) mass is 640 g/mol. The van der Waals surface area contributed by atoms with Crippen LogP contribution in [0.5, 0.6) is 11.5 Å². The van der Waals surface area contributed by atoms with E-state index in [-0.39, 0.29) is 29.6 Å². The van der Waals surface area contributed by atoms with Crippen LogP contribution in [0.15, 0.2) is 69.0 Å².